The van der Waals surface area contributed by atoms with E-state index in [2.05, 4.69) is 0 Å². The first-order valence-electron chi connectivity index (χ1n) is 6.91. The number of amides is 2. The highest BCUT2D eigenvalue weighted by atomic mass is 16.4. The van der Waals surface area contributed by atoms with Crippen LogP contribution in [0, 0.1) is 0 Å². The molecule has 2 rings (SSSR count). The van der Waals surface area contributed by atoms with Crippen molar-refractivity contribution < 1.29 is 19.8 Å². The van der Waals surface area contributed by atoms with Gasteiger partial charge in [-0.15, -0.1) is 0 Å². The van der Waals surface area contributed by atoms with E-state index in [9.17, 15) is 9.59 Å². The molecular formula is C15H20N2O4. The summed E-state index contributed by atoms with van der Waals surface area (Å²) in [6.07, 6.45) is 0.711. The normalized spacial score (nSPS) is 15.3. The van der Waals surface area contributed by atoms with Crippen molar-refractivity contribution in [3.8, 4) is 0 Å². The molecule has 0 bridgehead atoms. The number of carbonyl (C=O) groups excluding carboxylic acids is 1. The second kappa shape index (κ2) is 6.13. The predicted molar refractivity (Wildman–Crippen MR) is 77.2 cm³/mol. The van der Waals surface area contributed by atoms with Gasteiger partial charge < -0.3 is 20.0 Å². The molecule has 0 aromatic heterocycles. The van der Waals surface area contributed by atoms with Crippen LogP contribution in [0.5, 0.6) is 0 Å². The summed E-state index contributed by atoms with van der Waals surface area (Å²) in [7, 11) is 1.66. The Hall–Kier alpha value is -2.08. The molecule has 0 aliphatic carbocycles. The molecule has 114 valence electrons. The van der Waals surface area contributed by atoms with Crippen molar-refractivity contribution in [1.82, 2.24) is 9.80 Å². The van der Waals surface area contributed by atoms with E-state index in [0.717, 1.165) is 11.1 Å². The van der Waals surface area contributed by atoms with Gasteiger partial charge in [-0.3, -0.25) is 0 Å². The minimum atomic E-state index is -0.965. The number of carboxylic acid groups (broad SMARTS) is 1. The van der Waals surface area contributed by atoms with Crippen molar-refractivity contribution in [2.45, 2.75) is 25.9 Å². The molecule has 1 atom stereocenters. The summed E-state index contributed by atoms with van der Waals surface area (Å²) >= 11 is 0. The van der Waals surface area contributed by atoms with Crippen molar-refractivity contribution in [3.63, 3.8) is 0 Å². The highest BCUT2D eigenvalue weighted by Gasteiger charge is 2.25. The summed E-state index contributed by atoms with van der Waals surface area (Å²) in [6, 6.07) is 4.65. The first-order chi connectivity index (χ1) is 9.93. The molecule has 21 heavy (non-hydrogen) atoms. The number of aliphatic hydroxyl groups excluding tert-OH is 1. The van der Waals surface area contributed by atoms with Gasteiger partial charge in [-0.2, -0.15) is 0 Å². The van der Waals surface area contributed by atoms with Crippen LogP contribution in [0.4, 0.5) is 4.79 Å². The van der Waals surface area contributed by atoms with E-state index in [0.29, 0.717) is 19.5 Å². The van der Waals surface area contributed by atoms with Crippen LogP contribution in [0.3, 0.4) is 0 Å². The van der Waals surface area contributed by atoms with E-state index in [1.807, 2.05) is 6.07 Å². The highest BCUT2D eigenvalue weighted by molar-refractivity contribution is 5.88. The molecular weight excluding hydrogens is 272 g/mol. The van der Waals surface area contributed by atoms with E-state index in [1.165, 1.54) is 4.90 Å². The first-order valence-corrected chi connectivity index (χ1v) is 6.91. The lowest BCUT2D eigenvalue weighted by Crippen LogP contribution is -2.47. The molecule has 1 aromatic rings. The van der Waals surface area contributed by atoms with Crippen LogP contribution in [0.25, 0.3) is 0 Å². The summed E-state index contributed by atoms with van der Waals surface area (Å²) in [6.45, 7) is 2.69. The van der Waals surface area contributed by atoms with Crippen molar-refractivity contribution in [1.29, 1.82) is 0 Å². The zero-order valence-electron chi connectivity index (χ0n) is 12.2. The highest BCUT2D eigenvalue weighted by Crippen LogP contribution is 2.21. The summed E-state index contributed by atoms with van der Waals surface area (Å²) in [5.74, 6) is -0.965. The van der Waals surface area contributed by atoms with E-state index in [1.54, 1.807) is 31.0 Å². The molecule has 0 radical (unpaired) electrons. The fourth-order valence-electron chi connectivity index (χ4n) is 2.39. The Kier molecular flexibility index (Phi) is 4.47. The summed E-state index contributed by atoms with van der Waals surface area (Å²) in [5.41, 5.74) is 2.20. The molecule has 0 saturated carbocycles. The SMILES string of the molecule is CC(CO)N(C)C(=O)N1CCc2ccc(C(=O)O)cc2C1. The van der Waals surface area contributed by atoms with Gasteiger partial charge in [0.2, 0.25) is 0 Å². The minimum Gasteiger partial charge on any atom is -0.478 e. The standard InChI is InChI=1S/C15H20N2O4/c1-10(9-18)16(2)15(21)17-6-5-11-3-4-12(14(19)20)7-13(11)8-17/h3-4,7,10,18H,5-6,8-9H2,1-2H3,(H,19,20). The van der Waals surface area contributed by atoms with Crippen LogP contribution in [-0.4, -0.2) is 58.3 Å². The van der Waals surface area contributed by atoms with Gasteiger partial charge in [0.25, 0.3) is 0 Å². The topological polar surface area (TPSA) is 81.1 Å². The second-order valence-electron chi connectivity index (χ2n) is 5.39. The molecule has 2 N–H and O–H groups in total. The fraction of sp³-hybridized carbons (Fsp3) is 0.467. The number of hydrogen-bond donors (Lipinski definition) is 2. The summed E-state index contributed by atoms with van der Waals surface area (Å²) < 4.78 is 0. The molecule has 1 unspecified atom stereocenters. The maximum atomic E-state index is 12.4. The number of nitrogens with zero attached hydrogens (tertiary/aromatic N) is 2. The van der Waals surface area contributed by atoms with Gasteiger partial charge in [0, 0.05) is 20.1 Å². The number of likely N-dealkylation sites (N-methyl/N-ethyl adjacent to an activating group) is 1. The molecule has 0 spiro atoms. The molecule has 0 saturated heterocycles. The molecule has 0 fully saturated rings. The van der Waals surface area contributed by atoms with Gasteiger partial charge in [-0.1, -0.05) is 6.07 Å². The average Bonchev–Trinajstić information content (AvgIpc) is 2.51. The van der Waals surface area contributed by atoms with Crippen LogP contribution < -0.4 is 0 Å². The number of carbonyl (C=O) groups is 2. The van der Waals surface area contributed by atoms with Crippen LogP contribution in [0.2, 0.25) is 0 Å². The summed E-state index contributed by atoms with van der Waals surface area (Å²) in [5, 5.41) is 18.2. The monoisotopic (exact) mass is 292 g/mol. The van der Waals surface area contributed by atoms with E-state index < -0.39 is 5.97 Å². The minimum absolute atomic E-state index is 0.0875. The lowest BCUT2D eigenvalue weighted by Gasteiger charge is -2.34. The lowest BCUT2D eigenvalue weighted by molar-refractivity contribution is 0.0696. The fourth-order valence-corrected chi connectivity index (χ4v) is 2.39. The quantitative estimate of drug-likeness (QED) is 0.876. The van der Waals surface area contributed by atoms with E-state index in [4.69, 9.17) is 10.2 Å². The van der Waals surface area contributed by atoms with Crippen molar-refractivity contribution in [2.24, 2.45) is 0 Å². The number of aromatic carboxylic acids is 1. The average molecular weight is 292 g/mol. The largest absolute Gasteiger partial charge is 0.478 e. The predicted octanol–water partition coefficient (Wildman–Crippen LogP) is 1.18. The maximum Gasteiger partial charge on any atom is 0.335 e. The third kappa shape index (κ3) is 3.16. The zero-order chi connectivity index (χ0) is 15.6. The van der Waals surface area contributed by atoms with Crippen molar-refractivity contribution in [2.75, 3.05) is 20.2 Å². The number of carboxylic acids is 1. The number of aliphatic hydroxyl groups is 1. The van der Waals surface area contributed by atoms with Gasteiger partial charge in [0.05, 0.1) is 18.2 Å². The number of urea groups is 1. The number of hydrogen-bond acceptors (Lipinski definition) is 3. The van der Waals surface area contributed by atoms with Crippen LogP contribution in [0.1, 0.15) is 28.4 Å². The molecule has 1 aliphatic rings. The van der Waals surface area contributed by atoms with Crippen LogP contribution in [-0.2, 0) is 13.0 Å². The Bertz CT molecular complexity index is 559. The van der Waals surface area contributed by atoms with E-state index >= 15 is 0 Å². The van der Waals surface area contributed by atoms with Crippen LogP contribution in [0.15, 0.2) is 18.2 Å². The van der Waals surface area contributed by atoms with Crippen molar-refractivity contribution >= 4 is 12.0 Å². The number of fused-ring (bicyclic) bond motifs is 1. The maximum absolute atomic E-state index is 12.4. The molecule has 1 aromatic carbocycles. The number of rotatable bonds is 3. The van der Waals surface area contributed by atoms with E-state index in [-0.39, 0.29) is 24.2 Å². The van der Waals surface area contributed by atoms with Gasteiger partial charge in [0.15, 0.2) is 0 Å². The molecule has 1 heterocycles. The summed E-state index contributed by atoms with van der Waals surface area (Å²) in [4.78, 5) is 26.6. The molecule has 1 aliphatic heterocycles. The Morgan fingerprint density at radius 1 is 1.38 bits per heavy atom. The second-order valence-corrected chi connectivity index (χ2v) is 5.39. The molecule has 6 nitrogen and oxygen atoms in total. The Labute approximate surface area is 123 Å². The Morgan fingerprint density at radius 2 is 2.10 bits per heavy atom. The zero-order valence-corrected chi connectivity index (χ0v) is 12.2. The molecule has 2 amide bonds. The van der Waals surface area contributed by atoms with Gasteiger partial charge in [0.1, 0.15) is 0 Å². The third-order valence-electron chi connectivity index (χ3n) is 3.96. The van der Waals surface area contributed by atoms with Crippen LogP contribution >= 0.6 is 0 Å². The first kappa shape index (κ1) is 15.3. The smallest absolute Gasteiger partial charge is 0.335 e. The van der Waals surface area contributed by atoms with Gasteiger partial charge in [-0.05, 0) is 36.6 Å². The molecule has 6 heteroatoms. The van der Waals surface area contributed by atoms with Crippen molar-refractivity contribution in [3.05, 3.63) is 34.9 Å². The van der Waals surface area contributed by atoms with Gasteiger partial charge >= 0.3 is 12.0 Å². The Balaban J connectivity index is 2.16. The third-order valence-corrected chi connectivity index (χ3v) is 3.96. The Morgan fingerprint density at radius 3 is 2.71 bits per heavy atom. The van der Waals surface area contributed by atoms with Gasteiger partial charge in [-0.25, -0.2) is 9.59 Å². The lowest BCUT2D eigenvalue weighted by atomic mass is 9.97. The number of benzene rings is 1.